The molecule has 6 N–H and O–H groups in total. The molecule has 1 atom stereocenters. The van der Waals surface area contributed by atoms with Crippen molar-refractivity contribution in [1.29, 1.82) is 0 Å². The Morgan fingerprint density at radius 1 is 1.17 bits per heavy atom. The van der Waals surface area contributed by atoms with Crippen LogP contribution in [0.3, 0.4) is 0 Å². The van der Waals surface area contributed by atoms with E-state index >= 15 is 0 Å². The van der Waals surface area contributed by atoms with Crippen molar-refractivity contribution in [2.45, 2.75) is 19.4 Å². The molecule has 0 spiro atoms. The van der Waals surface area contributed by atoms with Crippen molar-refractivity contribution in [2.24, 2.45) is 11.5 Å². The second-order valence-electron chi connectivity index (χ2n) is 2.90. The Bertz CT molecular complexity index is 67.6. The van der Waals surface area contributed by atoms with Crippen LogP contribution in [-0.4, -0.2) is 38.8 Å². The van der Waals surface area contributed by atoms with Crippen LogP contribution < -0.4 is 22.1 Å². The Morgan fingerprint density at radius 2 is 1.58 bits per heavy atom. The highest BCUT2D eigenvalue weighted by atomic mass is 15.0. The lowest BCUT2D eigenvalue weighted by atomic mass is 10.2. The zero-order valence-electron chi connectivity index (χ0n) is 7.97. The smallest absolute Gasteiger partial charge is 0.0160 e. The SMILES string of the molecule is C1CNCCN1.CCC(N)CN. The number of hydrogen-bond donors (Lipinski definition) is 4. The maximum atomic E-state index is 5.35. The fourth-order valence-electron chi connectivity index (χ4n) is 0.770. The van der Waals surface area contributed by atoms with Crippen molar-refractivity contribution in [3.8, 4) is 0 Å². The van der Waals surface area contributed by atoms with Gasteiger partial charge in [0.15, 0.2) is 0 Å². The summed E-state index contributed by atoms with van der Waals surface area (Å²) in [6.07, 6.45) is 0.983. The molecule has 1 fully saturated rings. The van der Waals surface area contributed by atoms with Crippen LogP contribution in [0.5, 0.6) is 0 Å². The molecule has 0 aromatic rings. The molecular formula is C8H22N4. The minimum atomic E-state index is 0.213. The van der Waals surface area contributed by atoms with Crippen molar-refractivity contribution in [3.05, 3.63) is 0 Å². The van der Waals surface area contributed by atoms with Gasteiger partial charge >= 0.3 is 0 Å². The normalized spacial score (nSPS) is 19.2. The van der Waals surface area contributed by atoms with Gasteiger partial charge < -0.3 is 22.1 Å². The van der Waals surface area contributed by atoms with E-state index in [9.17, 15) is 0 Å². The van der Waals surface area contributed by atoms with Gasteiger partial charge in [-0.05, 0) is 6.42 Å². The Labute approximate surface area is 75.1 Å². The number of nitrogens with two attached hydrogens (primary N) is 2. The predicted molar refractivity (Wildman–Crippen MR) is 53.1 cm³/mol. The van der Waals surface area contributed by atoms with E-state index in [0.717, 1.165) is 32.6 Å². The van der Waals surface area contributed by atoms with E-state index in [2.05, 4.69) is 10.6 Å². The predicted octanol–water partition coefficient (Wildman–Crippen LogP) is -1.14. The molecule has 0 radical (unpaired) electrons. The second kappa shape index (κ2) is 8.93. The summed E-state index contributed by atoms with van der Waals surface area (Å²) in [4.78, 5) is 0. The van der Waals surface area contributed by atoms with Gasteiger partial charge in [0.2, 0.25) is 0 Å². The minimum absolute atomic E-state index is 0.213. The molecule has 4 nitrogen and oxygen atoms in total. The zero-order chi connectivity index (χ0) is 9.23. The van der Waals surface area contributed by atoms with E-state index in [1.807, 2.05) is 6.92 Å². The van der Waals surface area contributed by atoms with Crippen LogP contribution in [0.2, 0.25) is 0 Å². The van der Waals surface area contributed by atoms with Crippen LogP contribution in [0.25, 0.3) is 0 Å². The molecule has 1 aliphatic rings. The summed E-state index contributed by atoms with van der Waals surface area (Å²) in [5, 5.41) is 6.44. The molecule has 0 saturated carbocycles. The Hall–Kier alpha value is -0.160. The first kappa shape index (κ1) is 11.8. The summed E-state index contributed by atoms with van der Waals surface area (Å²) in [5.41, 5.74) is 10.5. The third-order valence-electron chi connectivity index (χ3n) is 1.78. The van der Waals surface area contributed by atoms with E-state index < -0.39 is 0 Å². The van der Waals surface area contributed by atoms with Gasteiger partial charge in [0.25, 0.3) is 0 Å². The van der Waals surface area contributed by atoms with E-state index in [1.165, 1.54) is 0 Å². The maximum absolute atomic E-state index is 5.35. The van der Waals surface area contributed by atoms with Gasteiger partial charge in [-0.2, -0.15) is 0 Å². The molecule has 1 saturated heterocycles. The standard InChI is InChI=1S/C4H10N2.C4H12N2/c1-2-6-4-3-5-1;1-2-4(6)3-5/h5-6H,1-4H2;4H,2-3,5-6H2,1H3. The fraction of sp³-hybridized carbons (Fsp3) is 1.00. The number of piperazine rings is 1. The molecule has 0 aromatic heterocycles. The van der Waals surface area contributed by atoms with Gasteiger partial charge in [-0.25, -0.2) is 0 Å². The average molecular weight is 174 g/mol. The molecule has 74 valence electrons. The van der Waals surface area contributed by atoms with Crippen LogP contribution in [0.4, 0.5) is 0 Å². The van der Waals surface area contributed by atoms with Gasteiger partial charge in [0.1, 0.15) is 0 Å². The summed E-state index contributed by atoms with van der Waals surface area (Å²) >= 11 is 0. The number of hydrogen-bond acceptors (Lipinski definition) is 4. The molecule has 0 aromatic carbocycles. The first-order valence-electron chi connectivity index (χ1n) is 4.68. The van der Waals surface area contributed by atoms with Gasteiger partial charge in [-0.15, -0.1) is 0 Å². The lowest BCUT2D eigenvalue weighted by molar-refractivity contribution is 0.534. The van der Waals surface area contributed by atoms with E-state index in [0.29, 0.717) is 6.54 Å². The Morgan fingerprint density at radius 3 is 1.67 bits per heavy atom. The van der Waals surface area contributed by atoms with Crippen molar-refractivity contribution >= 4 is 0 Å². The molecule has 0 amide bonds. The van der Waals surface area contributed by atoms with Gasteiger partial charge in [-0.1, -0.05) is 6.92 Å². The van der Waals surface area contributed by atoms with Gasteiger partial charge in [0.05, 0.1) is 0 Å². The third kappa shape index (κ3) is 7.94. The highest BCUT2D eigenvalue weighted by molar-refractivity contribution is 4.59. The lowest BCUT2D eigenvalue weighted by Gasteiger charge is -2.11. The summed E-state index contributed by atoms with van der Waals surface area (Å²) in [6, 6.07) is 0.213. The molecule has 1 unspecified atom stereocenters. The molecule has 12 heavy (non-hydrogen) atoms. The monoisotopic (exact) mass is 174 g/mol. The molecular weight excluding hydrogens is 152 g/mol. The van der Waals surface area contributed by atoms with E-state index in [4.69, 9.17) is 11.5 Å². The van der Waals surface area contributed by atoms with E-state index in [-0.39, 0.29) is 6.04 Å². The highest BCUT2D eigenvalue weighted by Gasteiger charge is 1.91. The van der Waals surface area contributed by atoms with Gasteiger partial charge in [-0.3, -0.25) is 0 Å². The van der Waals surface area contributed by atoms with Crippen LogP contribution in [0, 0.1) is 0 Å². The molecule has 1 aliphatic heterocycles. The highest BCUT2D eigenvalue weighted by Crippen LogP contribution is 1.77. The molecule has 0 bridgehead atoms. The summed E-state index contributed by atoms with van der Waals surface area (Å²) < 4.78 is 0. The number of nitrogens with one attached hydrogen (secondary N) is 2. The van der Waals surface area contributed by atoms with Gasteiger partial charge in [0, 0.05) is 38.8 Å². The second-order valence-corrected chi connectivity index (χ2v) is 2.90. The van der Waals surface area contributed by atoms with Crippen LogP contribution >= 0.6 is 0 Å². The molecule has 4 heteroatoms. The summed E-state index contributed by atoms with van der Waals surface area (Å²) in [6.45, 7) is 7.19. The summed E-state index contributed by atoms with van der Waals surface area (Å²) in [5.74, 6) is 0. The average Bonchev–Trinajstić information content (AvgIpc) is 2.20. The summed E-state index contributed by atoms with van der Waals surface area (Å²) in [7, 11) is 0. The molecule has 1 rings (SSSR count). The van der Waals surface area contributed by atoms with Crippen molar-refractivity contribution in [3.63, 3.8) is 0 Å². The lowest BCUT2D eigenvalue weighted by Crippen LogP contribution is -2.39. The zero-order valence-corrected chi connectivity index (χ0v) is 7.97. The van der Waals surface area contributed by atoms with Crippen LogP contribution in [0.15, 0.2) is 0 Å². The van der Waals surface area contributed by atoms with Crippen molar-refractivity contribution in [2.75, 3.05) is 32.7 Å². The first-order chi connectivity index (χ1) is 5.81. The molecule has 0 aliphatic carbocycles. The largest absolute Gasteiger partial charge is 0.329 e. The third-order valence-corrected chi connectivity index (χ3v) is 1.78. The fourth-order valence-corrected chi connectivity index (χ4v) is 0.770. The minimum Gasteiger partial charge on any atom is -0.329 e. The Kier molecular flexibility index (Phi) is 8.81. The topological polar surface area (TPSA) is 76.1 Å². The van der Waals surface area contributed by atoms with E-state index in [1.54, 1.807) is 0 Å². The van der Waals surface area contributed by atoms with Crippen LogP contribution in [-0.2, 0) is 0 Å². The van der Waals surface area contributed by atoms with Crippen molar-refractivity contribution in [1.82, 2.24) is 10.6 Å². The van der Waals surface area contributed by atoms with Crippen molar-refractivity contribution < 1.29 is 0 Å². The quantitative estimate of drug-likeness (QED) is 0.427. The van der Waals surface area contributed by atoms with Crippen LogP contribution in [0.1, 0.15) is 13.3 Å². The molecule has 1 heterocycles. The number of rotatable bonds is 2. The maximum Gasteiger partial charge on any atom is 0.0160 e. The Balaban J connectivity index is 0.000000202. The first-order valence-corrected chi connectivity index (χ1v) is 4.68.